The molecule has 0 heterocycles. The zero-order valence-corrected chi connectivity index (χ0v) is 15.7. The molecule has 0 saturated heterocycles. The van der Waals surface area contributed by atoms with E-state index in [2.05, 4.69) is 10.6 Å². The lowest BCUT2D eigenvalue weighted by Gasteiger charge is -2.09. The van der Waals surface area contributed by atoms with E-state index in [9.17, 15) is 14.4 Å². The second-order valence-electron chi connectivity index (χ2n) is 5.65. The summed E-state index contributed by atoms with van der Waals surface area (Å²) in [6, 6.07) is 13.6. The van der Waals surface area contributed by atoms with Gasteiger partial charge in [-0.05, 0) is 24.3 Å². The summed E-state index contributed by atoms with van der Waals surface area (Å²) in [5, 5.41) is 5.21. The fourth-order valence-corrected chi connectivity index (χ4v) is 2.32. The molecule has 0 unspecified atom stereocenters. The Labute approximate surface area is 162 Å². The molecular formula is C20H22N2O6. The molecule has 8 nitrogen and oxygen atoms in total. The predicted molar refractivity (Wildman–Crippen MR) is 103 cm³/mol. The third-order valence-corrected chi connectivity index (χ3v) is 3.68. The third-order valence-electron chi connectivity index (χ3n) is 3.68. The number of benzene rings is 2. The van der Waals surface area contributed by atoms with Gasteiger partial charge in [-0.15, -0.1) is 0 Å². The Morgan fingerprint density at radius 1 is 0.964 bits per heavy atom. The number of esters is 1. The van der Waals surface area contributed by atoms with E-state index in [1.54, 1.807) is 48.5 Å². The molecule has 0 bridgehead atoms. The van der Waals surface area contributed by atoms with E-state index in [1.165, 1.54) is 14.2 Å². The van der Waals surface area contributed by atoms with Crippen LogP contribution in [0, 0.1) is 0 Å². The van der Waals surface area contributed by atoms with Crippen molar-refractivity contribution in [1.29, 1.82) is 0 Å². The molecule has 0 radical (unpaired) electrons. The van der Waals surface area contributed by atoms with Crippen LogP contribution in [0.3, 0.4) is 0 Å². The lowest BCUT2D eigenvalue weighted by Crippen LogP contribution is -2.28. The van der Waals surface area contributed by atoms with Gasteiger partial charge in [0.15, 0.2) is 6.61 Å². The molecule has 8 heteroatoms. The summed E-state index contributed by atoms with van der Waals surface area (Å²) in [7, 11) is 3.00. The topological polar surface area (TPSA) is 103 Å². The first kappa shape index (κ1) is 20.8. The summed E-state index contributed by atoms with van der Waals surface area (Å²) < 4.78 is 15.1. The maximum atomic E-state index is 12.1. The smallest absolute Gasteiger partial charge is 0.308 e. The van der Waals surface area contributed by atoms with E-state index in [-0.39, 0.29) is 18.9 Å². The van der Waals surface area contributed by atoms with Gasteiger partial charge in [-0.2, -0.15) is 0 Å². The molecule has 2 N–H and O–H groups in total. The van der Waals surface area contributed by atoms with Gasteiger partial charge in [0.2, 0.25) is 0 Å². The minimum atomic E-state index is -0.596. The van der Waals surface area contributed by atoms with Crippen molar-refractivity contribution in [3.63, 3.8) is 0 Å². The number of anilines is 1. The van der Waals surface area contributed by atoms with Crippen LogP contribution in [0.2, 0.25) is 0 Å². The van der Waals surface area contributed by atoms with Gasteiger partial charge in [-0.1, -0.05) is 18.2 Å². The van der Waals surface area contributed by atoms with Crippen molar-refractivity contribution in [2.24, 2.45) is 0 Å². The predicted octanol–water partition coefficient (Wildman–Crippen LogP) is 2.01. The molecule has 2 aromatic carbocycles. The molecule has 0 saturated carbocycles. The van der Waals surface area contributed by atoms with Crippen LogP contribution in [0.15, 0.2) is 48.5 Å². The van der Waals surface area contributed by atoms with Gasteiger partial charge >= 0.3 is 5.97 Å². The Bertz CT molecular complexity index is 837. The molecule has 148 valence electrons. The van der Waals surface area contributed by atoms with Gasteiger partial charge in [-0.25, -0.2) is 0 Å². The lowest BCUT2D eigenvalue weighted by atomic mass is 10.2. The molecule has 0 aromatic heterocycles. The maximum Gasteiger partial charge on any atom is 0.308 e. The summed E-state index contributed by atoms with van der Waals surface area (Å²) in [5.41, 5.74) is 0.903. The van der Waals surface area contributed by atoms with E-state index in [1.807, 2.05) is 0 Å². The number of ether oxygens (including phenoxy) is 3. The summed E-state index contributed by atoms with van der Waals surface area (Å²) >= 11 is 0. The van der Waals surface area contributed by atoms with Crippen molar-refractivity contribution in [1.82, 2.24) is 5.32 Å². The van der Waals surface area contributed by atoms with E-state index in [0.717, 1.165) is 0 Å². The molecule has 0 aliphatic heterocycles. The number of amides is 2. The van der Waals surface area contributed by atoms with Gasteiger partial charge in [0, 0.05) is 18.3 Å². The van der Waals surface area contributed by atoms with Gasteiger partial charge in [0.05, 0.1) is 26.2 Å². The fourth-order valence-electron chi connectivity index (χ4n) is 2.32. The largest absolute Gasteiger partial charge is 0.497 e. The number of hydrogen-bond donors (Lipinski definition) is 2. The Balaban J connectivity index is 1.70. The Kier molecular flexibility index (Phi) is 7.83. The van der Waals surface area contributed by atoms with Gasteiger partial charge in [0.1, 0.15) is 11.5 Å². The second-order valence-corrected chi connectivity index (χ2v) is 5.65. The number of para-hydroxylation sites is 1. The van der Waals surface area contributed by atoms with E-state index >= 15 is 0 Å². The third kappa shape index (κ3) is 6.31. The van der Waals surface area contributed by atoms with E-state index in [4.69, 9.17) is 14.2 Å². The first-order chi connectivity index (χ1) is 13.5. The van der Waals surface area contributed by atoms with Crippen molar-refractivity contribution in [2.75, 3.05) is 32.7 Å². The van der Waals surface area contributed by atoms with Crippen LogP contribution in [0.5, 0.6) is 11.5 Å². The first-order valence-corrected chi connectivity index (χ1v) is 8.54. The van der Waals surface area contributed by atoms with Crippen molar-refractivity contribution < 1.29 is 28.6 Å². The number of hydrogen-bond acceptors (Lipinski definition) is 6. The highest BCUT2D eigenvalue weighted by Gasteiger charge is 2.12. The summed E-state index contributed by atoms with van der Waals surface area (Å²) in [5.74, 6) is -0.390. The second kappa shape index (κ2) is 10.6. The molecule has 2 rings (SSSR count). The van der Waals surface area contributed by atoms with Crippen molar-refractivity contribution >= 4 is 23.5 Å². The monoisotopic (exact) mass is 386 g/mol. The summed E-state index contributed by atoms with van der Waals surface area (Å²) in [4.78, 5) is 35.7. The van der Waals surface area contributed by atoms with Crippen LogP contribution >= 0.6 is 0 Å². The van der Waals surface area contributed by atoms with Gasteiger partial charge in [-0.3, -0.25) is 14.4 Å². The zero-order valence-electron chi connectivity index (χ0n) is 15.7. The molecule has 0 aliphatic rings. The highest BCUT2D eigenvalue weighted by molar-refractivity contribution is 5.97. The average Bonchev–Trinajstić information content (AvgIpc) is 2.72. The van der Waals surface area contributed by atoms with Crippen LogP contribution in [0.1, 0.15) is 16.8 Å². The molecule has 0 spiro atoms. The van der Waals surface area contributed by atoms with Crippen LogP contribution in [0.4, 0.5) is 5.69 Å². The zero-order chi connectivity index (χ0) is 20.4. The number of rotatable bonds is 9. The normalized spacial score (nSPS) is 9.93. The van der Waals surface area contributed by atoms with Gasteiger partial charge < -0.3 is 24.8 Å². The maximum absolute atomic E-state index is 12.1. The Morgan fingerprint density at radius 2 is 1.75 bits per heavy atom. The highest BCUT2D eigenvalue weighted by Crippen LogP contribution is 2.17. The van der Waals surface area contributed by atoms with E-state index in [0.29, 0.717) is 22.7 Å². The Morgan fingerprint density at radius 3 is 2.50 bits per heavy atom. The van der Waals surface area contributed by atoms with Crippen molar-refractivity contribution in [2.45, 2.75) is 6.42 Å². The van der Waals surface area contributed by atoms with Gasteiger partial charge in [0.25, 0.3) is 11.8 Å². The first-order valence-electron chi connectivity index (χ1n) is 8.54. The molecule has 2 amide bonds. The van der Waals surface area contributed by atoms with Crippen molar-refractivity contribution in [3.8, 4) is 11.5 Å². The van der Waals surface area contributed by atoms with Crippen LogP contribution < -0.4 is 20.1 Å². The Hall–Kier alpha value is -3.55. The minimum absolute atomic E-state index is 0.0622. The summed E-state index contributed by atoms with van der Waals surface area (Å²) in [6.07, 6.45) is -0.0622. The molecule has 0 aliphatic carbocycles. The number of nitrogens with one attached hydrogen (secondary N) is 2. The standard InChI is InChI=1S/C20H22N2O6/c1-26-15-7-5-6-14(12-15)22-18(23)13-28-19(24)10-11-21-20(25)16-8-3-4-9-17(16)27-2/h3-9,12H,10-11,13H2,1-2H3,(H,21,25)(H,22,23). The molecule has 0 fully saturated rings. The van der Waals surface area contributed by atoms with Crippen LogP contribution in [0.25, 0.3) is 0 Å². The molecule has 28 heavy (non-hydrogen) atoms. The fraction of sp³-hybridized carbons (Fsp3) is 0.250. The number of carbonyl (C=O) groups is 3. The van der Waals surface area contributed by atoms with Crippen LogP contribution in [-0.2, 0) is 14.3 Å². The number of carbonyl (C=O) groups excluding carboxylic acids is 3. The highest BCUT2D eigenvalue weighted by atomic mass is 16.5. The summed E-state index contributed by atoms with van der Waals surface area (Å²) in [6.45, 7) is -0.344. The number of methoxy groups -OCH3 is 2. The SMILES string of the molecule is COc1cccc(NC(=O)COC(=O)CCNC(=O)c2ccccc2OC)c1. The van der Waals surface area contributed by atoms with Crippen LogP contribution in [-0.4, -0.2) is 45.2 Å². The minimum Gasteiger partial charge on any atom is -0.497 e. The molecular weight excluding hydrogens is 364 g/mol. The molecule has 0 atom stereocenters. The quantitative estimate of drug-likeness (QED) is 0.639. The lowest BCUT2D eigenvalue weighted by molar-refractivity contribution is -0.147. The van der Waals surface area contributed by atoms with E-state index < -0.39 is 18.5 Å². The van der Waals surface area contributed by atoms with Crippen molar-refractivity contribution in [3.05, 3.63) is 54.1 Å². The average molecular weight is 386 g/mol. The molecule has 2 aromatic rings.